The molecule has 1 amide bonds. The lowest BCUT2D eigenvalue weighted by Gasteiger charge is -2.22. The van der Waals surface area contributed by atoms with Gasteiger partial charge in [-0.3, -0.25) is 4.79 Å². The van der Waals surface area contributed by atoms with E-state index in [-0.39, 0.29) is 11.3 Å². The molecular formula is C13H16Cl2N2O. The Labute approximate surface area is 117 Å². The van der Waals surface area contributed by atoms with Crippen LogP contribution in [0.1, 0.15) is 18.4 Å². The lowest BCUT2D eigenvalue weighted by molar-refractivity contribution is -0.135. The molecule has 5 heteroatoms. The number of carbonyl (C=O) groups excluding carboxylic acids is 1. The summed E-state index contributed by atoms with van der Waals surface area (Å²) in [6.45, 7) is 0.924. The summed E-state index contributed by atoms with van der Waals surface area (Å²) in [5.41, 5.74) is 6.28. The minimum absolute atomic E-state index is 0.112. The van der Waals surface area contributed by atoms with Gasteiger partial charge in [-0.25, -0.2) is 0 Å². The second-order valence-corrected chi connectivity index (χ2v) is 5.80. The Hall–Kier alpha value is -0.770. The number of carbonyl (C=O) groups is 1. The maximum absolute atomic E-state index is 12.2. The van der Waals surface area contributed by atoms with Crippen LogP contribution in [-0.2, 0) is 11.3 Å². The molecule has 0 aliphatic heterocycles. The molecule has 1 aromatic carbocycles. The monoisotopic (exact) mass is 286 g/mol. The zero-order chi connectivity index (χ0) is 13.3. The molecule has 2 rings (SSSR count). The predicted octanol–water partition coefficient (Wildman–Crippen LogP) is 2.69. The molecule has 0 spiro atoms. The van der Waals surface area contributed by atoms with Gasteiger partial charge in [0.05, 0.1) is 5.41 Å². The summed E-state index contributed by atoms with van der Waals surface area (Å²) in [6.07, 6.45) is 1.78. The van der Waals surface area contributed by atoms with E-state index < -0.39 is 0 Å². The average molecular weight is 287 g/mol. The molecule has 0 atom stereocenters. The standard InChI is InChI=1S/C13H16Cl2N2O/c1-17(12(18)13(8-16)2-3-13)7-9-4-10(14)6-11(15)5-9/h4-6H,2-3,7-8,16H2,1H3. The fourth-order valence-electron chi connectivity index (χ4n) is 2.11. The van der Waals surface area contributed by atoms with Gasteiger partial charge in [0.1, 0.15) is 0 Å². The van der Waals surface area contributed by atoms with E-state index in [9.17, 15) is 4.79 Å². The SMILES string of the molecule is CN(Cc1cc(Cl)cc(Cl)c1)C(=O)C1(CN)CC1. The van der Waals surface area contributed by atoms with Crippen molar-refractivity contribution in [2.45, 2.75) is 19.4 Å². The van der Waals surface area contributed by atoms with Crippen molar-refractivity contribution in [2.24, 2.45) is 11.1 Å². The van der Waals surface area contributed by atoms with Crippen molar-refractivity contribution in [3.8, 4) is 0 Å². The van der Waals surface area contributed by atoms with E-state index in [1.807, 2.05) is 12.1 Å². The van der Waals surface area contributed by atoms with E-state index in [0.29, 0.717) is 23.1 Å². The van der Waals surface area contributed by atoms with Gasteiger partial charge in [0.15, 0.2) is 0 Å². The fraction of sp³-hybridized carbons (Fsp3) is 0.462. The number of hydrogen-bond acceptors (Lipinski definition) is 2. The minimum Gasteiger partial charge on any atom is -0.341 e. The molecule has 2 N–H and O–H groups in total. The van der Waals surface area contributed by atoms with Crippen molar-refractivity contribution < 1.29 is 4.79 Å². The van der Waals surface area contributed by atoms with Crippen LogP contribution in [0.15, 0.2) is 18.2 Å². The Kier molecular flexibility index (Phi) is 3.85. The molecule has 0 aromatic heterocycles. The molecule has 98 valence electrons. The van der Waals surface area contributed by atoms with Crippen LogP contribution in [0.25, 0.3) is 0 Å². The van der Waals surface area contributed by atoms with Crippen LogP contribution in [0.2, 0.25) is 10.0 Å². The van der Waals surface area contributed by atoms with Crippen molar-refractivity contribution in [1.82, 2.24) is 4.90 Å². The predicted molar refractivity (Wildman–Crippen MR) is 73.7 cm³/mol. The molecule has 1 saturated carbocycles. The number of halogens is 2. The number of benzene rings is 1. The Morgan fingerprint density at radius 1 is 1.33 bits per heavy atom. The summed E-state index contributed by atoms with van der Waals surface area (Å²) in [7, 11) is 1.78. The highest BCUT2D eigenvalue weighted by Crippen LogP contribution is 2.46. The third-order valence-corrected chi connectivity index (χ3v) is 3.82. The Bertz CT molecular complexity index is 452. The molecule has 1 fully saturated rings. The Morgan fingerprint density at radius 3 is 2.33 bits per heavy atom. The first-order valence-electron chi connectivity index (χ1n) is 5.87. The second-order valence-electron chi connectivity index (χ2n) is 4.92. The summed E-state index contributed by atoms with van der Waals surface area (Å²) in [6, 6.07) is 5.31. The average Bonchev–Trinajstić information content (AvgIpc) is 3.07. The van der Waals surface area contributed by atoms with Crippen LogP contribution in [0, 0.1) is 5.41 Å². The Morgan fingerprint density at radius 2 is 1.89 bits per heavy atom. The lowest BCUT2D eigenvalue weighted by atomic mass is 10.1. The van der Waals surface area contributed by atoms with Gasteiger partial charge < -0.3 is 10.6 Å². The van der Waals surface area contributed by atoms with Crippen LogP contribution in [0.5, 0.6) is 0 Å². The number of rotatable bonds is 4. The molecule has 1 aromatic rings. The van der Waals surface area contributed by atoms with Gasteiger partial charge in [0.2, 0.25) is 5.91 Å². The summed E-state index contributed by atoms with van der Waals surface area (Å²) in [5, 5.41) is 1.16. The van der Waals surface area contributed by atoms with Gasteiger partial charge in [-0.2, -0.15) is 0 Å². The quantitative estimate of drug-likeness (QED) is 0.925. The highest BCUT2D eigenvalue weighted by atomic mass is 35.5. The van der Waals surface area contributed by atoms with Crippen LogP contribution in [0.3, 0.4) is 0 Å². The normalized spacial score (nSPS) is 16.4. The summed E-state index contributed by atoms with van der Waals surface area (Å²) >= 11 is 11.9. The van der Waals surface area contributed by atoms with Crippen molar-refractivity contribution in [3.63, 3.8) is 0 Å². The maximum Gasteiger partial charge on any atom is 0.230 e. The first kappa shape index (κ1) is 13.7. The van der Waals surface area contributed by atoms with E-state index >= 15 is 0 Å². The van der Waals surface area contributed by atoms with Crippen molar-refractivity contribution in [3.05, 3.63) is 33.8 Å². The maximum atomic E-state index is 12.2. The molecule has 3 nitrogen and oxygen atoms in total. The zero-order valence-electron chi connectivity index (χ0n) is 10.2. The van der Waals surface area contributed by atoms with Crippen LogP contribution >= 0.6 is 23.2 Å². The molecule has 1 aliphatic rings. The molecule has 0 unspecified atom stereocenters. The second kappa shape index (κ2) is 5.08. The molecule has 0 bridgehead atoms. The first-order valence-corrected chi connectivity index (χ1v) is 6.63. The van der Waals surface area contributed by atoms with Crippen molar-refractivity contribution >= 4 is 29.1 Å². The topological polar surface area (TPSA) is 46.3 Å². The third kappa shape index (κ3) is 2.79. The molecule has 1 aliphatic carbocycles. The summed E-state index contributed by atoms with van der Waals surface area (Å²) in [4.78, 5) is 13.9. The van der Waals surface area contributed by atoms with Gasteiger partial charge in [-0.15, -0.1) is 0 Å². The third-order valence-electron chi connectivity index (χ3n) is 3.39. The van der Waals surface area contributed by atoms with Crippen LogP contribution in [-0.4, -0.2) is 24.4 Å². The van der Waals surface area contributed by atoms with Crippen molar-refractivity contribution in [1.29, 1.82) is 0 Å². The van der Waals surface area contributed by atoms with E-state index in [1.165, 1.54) is 0 Å². The number of hydrogen-bond donors (Lipinski definition) is 1. The summed E-state index contributed by atoms with van der Waals surface area (Å²) < 4.78 is 0. The first-order chi connectivity index (χ1) is 8.47. The van der Waals surface area contributed by atoms with Crippen LogP contribution < -0.4 is 5.73 Å². The molecule has 18 heavy (non-hydrogen) atoms. The summed E-state index contributed by atoms with van der Waals surface area (Å²) in [5.74, 6) is 0.112. The zero-order valence-corrected chi connectivity index (χ0v) is 11.8. The minimum atomic E-state index is -0.308. The van der Waals surface area contributed by atoms with E-state index in [0.717, 1.165) is 18.4 Å². The van der Waals surface area contributed by atoms with Crippen LogP contribution in [0.4, 0.5) is 0 Å². The molecule has 0 radical (unpaired) electrons. The van der Waals surface area contributed by atoms with E-state index in [4.69, 9.17) is 28.9 Å². The smallest absolute Gasteiger partial charge is 0.230 e. The molecule has 0 saturated heterocycles. The van der Waals surface area contributed by atoms with Gasteiger partial charge in [-0.1, -0.05) is 23.2 Å². The van der Waals surface area contributed by atoms with Crippen molar-refractivity contribution in [2.75, 3.05) is 13.6 Å². The van der Waals surface area contributed by atoms with Gasteiger partial charge in [0.25, 0.3) is 0 Å². The van der Waals surface area contributed by atoms with Gasteiger partial charge in [-0.05, 0) is 36.6 Å². The Balaban J connectivity index is 2.07. The molecule has 0 heterocycles. The van der Waals surface area contributed by atoms with Gasteiger partial charge >= 0.3 is 0 Å². The van der Waals surface area contributed by atoms with E-state index in [2.05, 4.69) is 0 Å². The fourth-order valence-corrected chi connectivity index (χ4v) is 2.68. The lowest BCUT2D eigenvalue weighted by Crippen LogP contribution is -2.37. The highest BCUT2D eigenvalue weighted by molar-refractivity contribution is 6.34. The van der Waals surface area contributed by atoms with Gasteiger partial charge in [0, 0.05) is 30.2 Å². The van der Waals surface area contributed by atoms with E-state index in [1.54, 1.807) is 18.0 Å². The number of nitrogens with two attached hydrogens (primary N) is 1. The largest absolute Gasteiger partial charge is 0.341 e. The number of amides is 1. The highest BCUT2D eigenvalue weighted by Gasteiger charge is 2.49. The molecular weight excluding hydrogens is 271 g/mol. The number of nitrogens with zero attached hydrogens (tertiary/aromatic N) is 1.